The van der Waals surface area contributed by atoms with E-state index in [0.29, 0.717) is 0 Å². The monoisotopic (exact) mass is 770 g/mol. The fourth-order valence-electron chi connectivity index (χ4n) is 9.90. The zero-order valence-electron chi connectivity index (χ0n) is 32.5. The molecule has 0 fully saturated rings. The lowest BCUT2D eigenvalue weighted by Gasteiger charge is -2.33. The van der Waals surface area contributed by atoms with Crippen molar-refractivity contribution in [2.45, 2.75) is 12.3 Å². The summed E-state index contributed by atoms with van der Waals surface area (Å²) in [4.78, 5) is 6.11. The van der Waals surface area contributed by atoms with Gasteiger partial charge in [-0.3, -0.25) is 0 Å². The van der Waals surface area contributed by atoms with E-state index >= 15 is 0 Å². The zero-order valence-corrected chi connectivity index (χ0v) is 33.3. The molecular weight excluding hydrogens is 733 g/mol. The van der Waals surface area contributed by atoms with Crippen LogP contribution in [0, 0.1) is 0 Å². The highest BCUT2D eigenvalue weighted by Crippen LogP contribution is 2.56. The van der Waals surface area contributed by atoms with E-state index in [2.05, 4.69) is 223 Å². The van der Waals surface area contributed by atoms with Crippen molar-refractivity contribution in [2.24, 2.45) is 0 Å². The van der Waals surface area contributed by atoms with E-state index < -0.39 is 5.41 Å². The lowest BCUT2D eigenvalue weighted by Crippen LogP contribution is -2.26. The quantitative estimate of drug-likeness (QED) is 0.189. The van der Waals surface area contributed by atoms with Crippen LogP contribution in [0.25, 0.3) is 69.8 Å². The number of aromatic amines is 1. The number of aromatic nitrogens is 1. The Bertz CT molecular complexity index is 3400. The van der Waals surface area contributed by atoms with Gasteiger partial charge < -0.3 is 9.88 Å². The Morgan fingerprint density at radius 1 is 0.475 bits per heavy atom. The van der Waals surface area contributed by atoms with Crippen LogP contribution in [0.1, 0.15) is 29.2 Å². The third kappa shape index (κ3) is 5.11. The topological polar surface area (TPSA) is 19.0 Å². The molecule has 0 amide bonds. The first kappa shape index (κ1) is 33.9. The second-order valence-corrected chi connectivity index (χ2v) is 16.8. The van der Waals surface area contributed by atoms with Gasteiger partial charge in [0, 0.05) is 59.0 Å². The molecule has 2 heterocycles. The molecule has 1 unspecified atom stereocenters. The van der Waals surface area contributed by atoms with E-state index in [-0.39, 0.29) is 0 Å². The summed E-state index contributed by atoms with van der Waals surface area (Å²) in [7, 11) is 0. The normalized spacial score (nSPS) is 17.5. The predicted octanol–water partition coefficient (Wildman–Crippen LogP) is 15.7. The standard InChI is InChI=1S/C56H38N2S/c1-36-14-4-3-13-33-56(48-20-10-7-17-42(36)48)49-21-11-8-18-43(49)44-29-27-41(35-50(44)56)58(39-25-23-38(24-26-39)37-15-5-2-6-16-37)40-28-32-53-47(34-40)45-30-31-52-54(55(45)59-53)46-19-9-12-22-51(46)57-52/h2-35,57H,1H3/b4-3-,33-13+,36-14+. The number of hydrogen-bond acceptors (Lipinski definition) is 2. The Labute approximate surface area is 347 Å². The number of para-hydroxylation sites is 1. The first-order valence-corrected chi connectivity index (χ1v) is 21.2. The van der Waals surface area contributed by atoms with E-state index in [1.807, 2.05) is 11.3 Å². The number of H-pyrrole nitrogens is 1. The molecule has 12 rings (SSSR count). The van der Waals surface area contributed by atoms with Crippen LogP contribution < -0.4 is 4.90 Å². The van der Waals surface area contributed by atoms with Gasteiger partial charge in [0.1, 0.15) is 0 Å². The molecule has 8 aromatic carbocycles. The molecule has 2 aromatic heterocycles. The Morgan fingerprint density at radius 2 is 1.15 bits per heavy atom. The smallest absolute Gasteiger partial charge is 0.0653 e. The summed E-state index contributed by atoms with van der Waals surface area (Å²) in [5, 5.41) is 5.14. The number of benzene rings is 8. The summed E-state index contributed by atoms with van der Waals surface area (Å²) < 4.78 is 2.61. The first-order valence-electron chi connectivity index (χ1n) is 20.3. The number of nitrogens with one attached hydrogen (secondary N) is 1. The maximum atomic E-state index is 3.66. The SMILES string of the molecule is C\C1=C/C=C\C=C\C2(c3ccccc31)c1ccccc1-c1ccc(N(c3ccc(-c4ccccc4)cc3)c3ccc4sc5c(ccc6[nH]c7ccccc7c65)c4c3)cc12. The largest absolute Gasteiger partial charge is 0.354 e. The lowest BCUT2D eigenvalue weighted by atomic mass is 9.70. The Kier molecular flexibility index (Phi) is 7.57. The van der Waals surface area contributed by atoms with Gasteiger partial charge in [-0.2, -0.15) is 0 Å². The van der Waals surface area contributed by atoms with Crippen molar-refractivity contribution in [1.29, 1.82) is 0 Å². The van der Waals surface area contributed by atoms with Gasteiger partial charge in [0.25, 0.3) is 0 Å². The number of anilines is 3. The highest BCUT2D eigenvalue weighted by atomic mass is 32.1. The highest BCUT2D eigenvalue weighted by molar-refractivity contribution is 7.26. The van der Waals surface area contributed by atoms with Crippen LogP contribution >= 0.6 is 11.3 Å². The van der Waals surface area contributed by atoms with Crippen molar-refractivity contribution < 1.29 is 0 Å². The minimum Gasteiger partial charge on any atom is -0.354 e. The predicted molar refractivity (Wildman–Crippen MR) is 253 cm³/mol. The molecule has 1 atom stereocenters. The van der Waals surface area contributed by atoms with Crippen LogP contribution in [0.5, 0.6) is 0 Å². The van der Waals surface area contributed by atoms with E-state index in [1.54, 1.807) is 0 Å². The Morgan fingerprint density at radius 3 is 2.02 bits per heavy atom. The average molecular weight is 771 g/mol. The van der Waals surface area contributed by atoms with Gasteiger partial charge in [-0.25, -0.2) is 0 Å². The molecular formula is C56H38N2S. The highest BCUT2D eigenvalue weighted by Gasteiger charge is 2.44. The summed E-state index contributed by atoms with van der Waals surface area (Å²) in [6.45, 7) is 2.23. The fourth-order valence-corrected chi connectivity index (χ4v) is 11.1. The molecule has 2 nitrogen and oxygen atoms in total. The number of hydrogen-bond donors (Lipinski definition) is 1. The second kappa shape index (κ2) is 13.2. The lowest BCUT2D eigenvalue weighted by molar-refractivity contribution is 0.801. The maximum absolute atomic E-state index is 3.66. The summed E-state index contributed by atoms with van der Waals surface area (Å²) in [5.74, 6) is 0. The summed E-state index contributed by atoms with van der Waals surface area (Å²) >= 11 is 1.89. The number of thiophene rings is 1. The summed E-state index contributed by atoms with van der Waals surface area (Å²) in [6, 6.07) is 65.1. The van der Waals surface area contributed by atoms with Crippen molar-refractivity contribution in [2.75, 3.05) is 4.90 Å². The van der Waals surface area contributed by atoms with Crippen LogP contribution in [-0.2, 0) is 5.41 Å². The molecule has 0 saturated heterocycles. The third-order valence-corrected chi connectivity index (χ3v) is 13.8. The average Bonchev–Trinajstić information content (AvgIpc) is 3.96. The zero-order chi connectivity index (χ0) is 39.1. The molecule has 0 aliphatic heterocycles. The van der Waals surface area contributed by atoms with Crippen molar-refractivity contribution in [3.05, 3.63) is 229 Å². The molecule has 278 valence electrons. The number of allylic oxidation sites excluding steroid dienone is 6. The van der Waals surface area contributed by atoms with Crippen molar-refractivity contribution >= 4 is 76.0 Å². The van der Waals surface area contributed by atoms with E-state index in [9.17, 15) is 0 Å². The Hall–Kier alpha value is -7.20. The minimum atomic E-state index is -0.497. The van der Waals surface area contributed by atoms with Crippen LogP contribution in [0.15, 0.2) is 206 Å². The van der Waals surface area contributed by atoms with Gasteiger partial charge in [0.2, 0.25) is 0 Å². The van der Waals surface area contributed by atoms with Gasteiger partial charge in [0.15, 0.2) is 0 Å². The van der Waals surface area contributed by atoms with Crippen LogP contribution in [0.2, 0.25) is 0 Å². The van der Waals surface area contributed by atoms with Crippen molar-refractivity contribution in [3.63, 3.8) is 0 Å². The molecule has 2 aliphatic rings. The molecule has 10 aromatic rings. The van der Waals surface area contributed by atoms with Gasteiger partial charge in [0.05, 0.1) is 5.41 Å². The second-order valence-electron chi connectivity index (χ2n) is 15.8. The fraction of sp³-hybridized carbons (Fsp3) is 0.0357. The minimum absolute atomic E-state index is 0.497. The molecule has 0 radical (unpaired) electrons. The van der Waals surface area contributed by atoms with Gasteiger partial charge in [-0.15, -0.1) is 11.3 Å². The van der Waals surface area contributed by atoms with Crippen LogP contribution in [0.4, 0.5) is 17.1 Å². The van der Waals surface area contributed by atoms with Gasteiger partial charge in [-0.05, 0) is 112 Å². The maximum Gasteiger partial charge on any atom is 0.0653 e. The number of nitrogens with zero attached hydrogens (tertiary/aromatic N) is 1. The molecule has 0 bridgehead atoms. The first-order chi connectivity index (χ1) is 29.2. The third-order valence-electron chi connectivity index (χ3n) is 12.6. The van der Waals surface area contributed by atoms with Gasteiger partial charge >= 0.3 is 0 Å². The number of fused-ring (bicyclic) bond motifs is 14. The number of rotatable bonds is 4. The van der Waals surface area contributed by atoms with Crippen LogP contribution in [-0.4, -0.2) is 4.98 Å². The van der Waals surface area contributed by atoms with E-state index in [0.717, 1.165) is 17.1 Å². The van der Waals surface area contributed by atoms with E-state index in [1.165, 1.54) is 92.1 Å². The molecule has 3 heteroatoms. The van der Waals surface area contributed by atoms with Crippen molar-refractivity contribution in [1.82, 2.24) is 4.98 Å². The van der Waals surface area contributed by atoms with Gasteiger partial charge in [-0.1, -0.05) is 152 Å². The molecule has 1 N–H and O–H groups in total. The Balaban J connectivity index is 1.10. The molecule has 0 saturated carbocycles. The van der Waals surface area contributed by atoms with Crippen LogP contribution in [0.3, 0.4) is 0 Å². The van der Waals surface area contributed by atoms with E-state index in [4.69, 9.17) is 0 Å². The molecule has 59 heavy (non-hydrogen) atoms. The molecule has 1 spiro atoms. The summed E-state index contributed by atoms with van der Waals surface area (Å²) in [5.41, 5.74) is 16.6. The van der Waals surface area contributed by atoms with Crippen molar-refractivity contribution in [3.8, 4) is 22.3 Å². The molecule has 2 aliphatic carbocycles. The summed E-state index contributed by atoms with van der Waals surface area (Å²) in [6.07, 6.45) is 11.2.